The first-order chi connectivity index (χ1) is 22.8. The van der Waals surface area contributed by atoms with E-state index < -0.39 is 8.07 Å². The number of pyridine rings is 1. The maximum atomic E-state index is 6.99. The molecule has 0 unspecified atom stereocenters. The molecule has 4 heterocycles. The van der Waals surface area contributed by atoms with Crippen LogP contribution in [0.25, 0.3) is 44.9 Å². The molecule has 9 rings (SSSR count). The van der Waals surface area contributed by atoms with Crippen molar-refractivity contribution >= 4 is 62.1 Å². The maximum Gasteiger partial charge on any atom is 0.239 e. The van der Waals surface area contributed by atoms with Gasteiger partial charge in [-0.25, -0.2) is 4.98 Å². The fourth-order valence-electron chi connectivity index (χ4n) is 6.89. The number of hydrogen-bond acceptors (Lipinski definition) is 4. The highest BCUT2D eigenvalue weighted by atomic mass is 28.3. The molecule has 6 nitrogen and oxygen atoms in total. The molecule has 0 fully saturated rings. The minimum atomic E-state index is -2.87. The van der Waals surface area contributed by atoms with Crippen LogP contribution in [0.4, 0.5) is 0 Å². The number of furan rings is 1. The number of fused-ring (bicyclic) bond motifs is 4. The Hall–Kier alpha value is -6.05. The first-order valence-electron chi connectivity index (χ1n) is 15.3. The van der Waals surface area contributed by atoms with Crippen LogP contribution in [0.15, 0.2) is 168 Å². The topological polar surface area (TPSA) is 61.7 Å². The SMILES string of the molecule is c1ccc(-n2c(-n3ncc4c5nccc([Si](c6ccccc6)(c6ccccc6)c6ccccc6)c5oc43)nc3ccccc32)cc1. The molecule has 0 aliphatic carbocycles. The van der Waals surface area contributed by atoms with Crippen LogP contribution in [0.5, 0.6) is 0 Å². The molecule has 0 aliphatic heterocycles. The van der Waals surface area contributed by atoms with E-state index in [0.717, 1.165) is 38.4 Å². The Morgan fingerprint density at radius 2 is 1.15 bits per heavy atom. The average molecular weight is 610 g/mol. The van der Waals surface area contributed by atoms with Crippen molar-refractivity contribution in [2.45, 2.75) is 0 Å². The number of para-hydroxylation sites is 3. The lowest BCUT2D eigenvalue weighted by Gasteiger charge is -2.34. The Bertz CT molecular complexity index is 2370. The van der Waals surface area contributed by atoms with E-state index in [9.17, 15) is 0 Å². The minimum Gasteiger partial charge on any atom is -0.436 e. The molecule has 4 aromatic heterocycles. The van der Waals surface area contributed by atoms with Gasteiger partial charge in [-0.15, -0.1) is 0 Å². The molecule has 0 saturated carbocycles. The molecule has 218 valence electrons. The Balaban J connectivity index is 1.37. The van der Waals surface area contributed by atoms with E-state index in [-0.39, 0.29) is 0 Å². The molecule has 0 radical (unpaired) electrons. The molecule has 0 bridgehead atoms. The fraction of sp³-hybridized carbons (Fsp3) is 0. The zero-order valence-corrected chi connectivity index (χ0v) is 25.7. The van der Waals surface area contributed by atoms with Crippen molar-refractivity contribution in [3.05, 3.63) is 164 Å². The quantitative estimate of drug-likeness (QED) is 0.175. The summed E-state index contributed by atoms with van der Waals surface area (Å²) in [5.41, 5.74) is 5.04. The van der Waals surface area contributed by atoms with Crippen LogP contribution in [0, 0.1) is 0 Å². The van der Waals surface area contributed by atoms with Crippen LogP contribution < -0.4 is 20.7 Å². The van der Waals surface area contributed by atoms with E-state index in [2.05, 4.69) is 120 Å². The first kappa shape index (κ1) is 26.4. The maximum absolute atomic E-state index is 6.99. The second-order valence-electron chi connectivity index (χ2n) is 11.3. The van der Waals surface area contributed by atoms with Gasteiger partial charge in [0.15, 0.2) is 13.7 Å². The van der Waals surface area contributed by atoms with Gasteiger partial charge in [0.2, 0.25) is 11.7 Å². The van der Waals surface area contributed by atoms with Crippen molar-refractivity contribution < 1.29 is 4.42 Å². The van der Waals surface area contributed by atoms with E-state index in [1.165, 1.54) is 15.6 Å². The Morgan fingerprint density at radius 1 is 0.587 bits per heavy atom. The summed E-state index contributed by atoms with van der Waals surface area (Å²) in [6.45, 7) is 0. The number of benzene rings is 5. The van der Waals surface area contributed by atoms with Gasteiger partial charge in [0.1, 0.15) is 5.52 Å². The molecule has 0 spiro atoms. The van der Waals surface area contributed by atoms with Crippen LogP contribution in [0.2, 0.25) is 0 Å². The summed E-state index contributed by atoms with van der Waals surface area (Å²) < 4.78 is 10.9. The molecular formula is C39H27N5OSi. The normalized spacial score (nSPS) is 11.9. The lowest BCUT2D eigenvalue weighted by Crippen LogP contribution is -2.74. The minimum absolute atomic E-state index is 0.611. The van der Waals surface area contributed by atoms with Crippen LogP contribution in [-0.4, -0.2) is 32.4 Å². The number of aromatic nitrogens is 5. The van der Waals surface area contributed by atoms with Gasteiger partial charge in [0, 0.05) is 17.1 Å². The van der Waals surface area contributed by atoms with E-state index in [1.54, 1.807) is 0 Å². The van der Waals surface area contributed by atoms with Crippen LogP contribution in [0.1, 0.15) is 0 Å². The van der Waals surface area contributed by atoms with Gasteiger partial charge < -0.3 is 4.42 Å². The number of rotatable bonds is 6. The molecule has 0 N–H and O–H groups in total. The predicted molar refractivity (Wildman–Crippen MR) is 187 cm³/mol. The zero-order valence-electron chi connectivity index (χ0n) is 24.7. The van der Waals surface area contributed by atoms with E-state index in [4.69, 9.17) is 19.5 Å². The third kappa shape index (κ3) is 3.85. The standard InChI is InChI=1S/C39H27N5OSi/c1-5-15-28(16-6-1)43-34-24-14-13-23-33(34)42-39(43)44-38-32(27-41-44)36-37(45-38)35(25-26-40-36)46(29-17-7-2-8-18-29,30-19-9-3-10-20-30)31-21-11-4-12-22-31/h1-27H. The van der Waals surface area contributed by atoms with Crippen LogP contribution >= 0.6 is 0 Å². The summed E-state index contributed by atoms with van der Waals surface area (Å²) in [6, 6.07) is 53.1. The van der Waals surface area contributed by atoms with E-state index >= 15 is 0 Å². The number of imidazole rings is 1. The van der Waals surface area contributed by atoms with Crippen molar-refractivity contribution in [3.63, 3.8) is 0 Å². The molecule has 0 atom stereocenters. The van der Waals surface area contributed by atoms with Gasteiger partial charge in [-0.2, -0.15) is 9.78 Å². The summed E-state index contributed by atoms with van der Waals surface area (Å²) in [6.07, 6.45) is 3.77. The number of nitrogens with zero attached hydrogens (tertiary/aromatic N) is 5. The van der Waals surface area contributed by atoms with Crippen molar-refractivity contribution in [1.29, 1.82) is 0 Å². The number of hydrogen-bond donors (Lipinski definition) is 0. The molecular weight excluding hydrogens is 583 g/mol. The summed E-state index contributed by atoms with van der Waals surface area (Å²) in [5.74, 6) is 0.653. The molecule has 5 aromatic carbocycles. The molecule has 46 heavy (non-hydrogen) atoms. The first-order valence-corrected chi connectivity index (χ1v) is 17.3. The second kappa shape index (κ2) is 10.5. The molecule has 0 saturated heterocycles. The Morgan fingerprint density at radius 3 is 1.78 bits per heavy atom. The molecule has 0 amide bonds. The van der Waals surface area contributed by atoms with Gasteiger partial charge in [-0.3, -0.25) is 9.55 Å². The largest absolute Gasteiger partial charge is 0.436 e. The third-order valence-electron chi connectivity index (χ3n) is 8.85. The van der Waals surface area contributed by atoms with Crippen molar-refractivity contribution in [2.24, 2.45) is 0 Å². The van der Waals surface area contributed by atoms with Crippen LogP contribution in [0.3, 0.4) is 0 Å². The van der Waals surface area contributed by atoms with E-state index in [1.807, 2.05) is 53.5 Å². The average Bonchev–Trinajstić information content (AvgIpc) is 3.83. The smallest absolute Gasteiger partial charge is 0.239 e. The second-order valence-corrected chi connectivity index (χ2v) is 15.1. The highest BCUT2D eigenvalue weighted by molar-refractivity contribution is 7.20. The lowest BCUT2D eigenvalue weighted by atomic mass is 10.3. The van der Waals surface area contributed by atoms with Gasteiger partial charge in [-0.05, 0) is 45.9 Å². The summed E-state index contributed by atoms with van der Waals surface area (Å²) in [7, 11) is -2.87. The zero-order chi connectivity index (χ0) is 30.5. The molecule has 0 aliphatic rings. The third-order valence-corrected chi connectivity index (χ3v) is 13.7. The Labute approximate surface area is 265 Å². The van der Waals surface area contributed by atoms with Crippen molar-refractivity contribution in [1.82, 2.24) is 24.3 Å². The predicted octanol–water partition coefficient (Wildman–Crippen LogP) is 5.88. The highest BCUT2D eigenvalue weighted by Crippen LogP contribution is 2.31. The van der Waals surface area contributed by atoms with Gasteiger partial charge in [0.25, 0.3) is 0 Å². The van der Waals surface area contributed by atoms with Gasteiger partial charge >= 0.3 is 0 Å². The van der Waals surface area contributed by atoms with Crippen molar-refractivity contribution in [3.8, 4) is 11.6 Å². The lowest BCUT2D eigenvalue weighted by molar-refractivity contribution is 0.621. The van der Waals surface area contributed by atoms with Crippen LogP contribution in [-0.2, 0) is 0 Å². The summed E-state index contributed by atoms with van der Waals surface area (Å²) >= 11 is 0. The Kier molecular flexibility index (Phi) is 6.04. The highest BCUT2D eigenvalue weighted by Gasteiger charge is 2.44. The van der Waals surface area contributed by atoms with Gasteiger partial charge in [-0.1, -0.05) is 121 Å². The van der Waals surface area contributed by atoms with Gasteiger partial charge in [0.05, 0.1) is 22.6 Å². The fourth-order valence-corrected chi connectivity index (χ4v) is 11.7. The summed E-state index contributed by atoms with van der Waals surface area (Å²) in [5, 5.41) is 10.6. The monoisotopic (exact) mass is 609 g/mol. The summed E-state index contributed by atoms with van der Waals surface area (Å²) in [4.78, 5) is 9.96. The molecule has 7 heteroatoms. The van der Waals surface area contributed by atoms with Crippen molar-refractivity contribution in [2.75, 3.05) is 0 Å². The molecule has 9 aromatic rings. The van der Waals surface area contributed by atoms with E-state index in [0.29, 0.717) is 11.7 Å².